The first-order valence-corrected chi connectivity index (χ1v) is 7.41. The van der Waals surface area contributed by atoms with Crippen molar-refractivity contribution in [3.8, 4) is 5.75 Å². The Balaban J connectivity index is 1.95. The number of H-pyrrole nitrogens is 1. The molecule has 3 N–H and O–H groups in total. The Morgan fingerprint density at radius 3 is 2.58 bits per heavy atom. The lowest BCUT2D eigenvalue weighted by atomic mass is 10.1. The number of aryl methyl sites for hydroxylation is 1. The summed E-state index contributed by atoms with van der Waals surface area (Å²) in [6, 6.07) is 8.44. The van der Waals surface area contributed by atoms with Gasteiger partial charge in [-0.25, -0.2) is 0 Å². The second kappa shape index (κ2) is 7.45. The molecule has 7 nitrogen and oxygen atoms in total. The average molecular weight is 329 g/mol. The maximum Gasteiger partial charge on any atom is 0.279 e. The number of rotatable bonds is 4. The van der Waals surface area contributed by atoms with Crippen molar-refractivity contribution in [2.45, 2.75) is 26.9 Å². The molecule has 2 aromatic rings. The highest BCUT2D eigenvalue weighted by atomic mass is 16.5. The molecule has 0 spiro atoms. The van der Waals surface area contributed by atoms with Crippen LogP contribution in [0.1, 0.15) is 28.4 Å². The van der Waals surface area contributed by atoms with Crippen LogP contribution in [0.5, 0.6) is 5.75 Å². The third-order valence-electron chi connectivity index (χ3n) is 3.59. The summed E-state index contributed by atoms with van der Waals surface area (Å²) in [6.45, 7) is 5.42. The first-order valence-electron chi connectivity index (χ1n) is 7.41. The smallest absolute Gasteiger partial charge is 0.279 e. The van der Waals surface area contributed by atoms with Crippen LogP contribution in [0.15, 0.2) is 41.3 Å². The molecule has 1 aromatic heterocycles. The number of aromatic amines is 1. The van der Waals surface area contributed by atoms with Crippen LogP contribution < -0.4 is 21.1 Å². The van der Waals surface area contributed by atoms with Gasteiger partial charge in [-0.05, 0) is 50.1 Å². The highest BCUT2D eigenvalue weighted by Crippen LogP contribution is 2.21. The van der Waals surface area contributed by atoms with Gasteiger partial charge in [0.15, 0.2) is 6.10 Å². The van der Waals surface area contributed by atoms with E-state index < -0.39 is 23.5 Å². The fourth-order valence-electron chi connectivity index (χ4n) is 1.98. The molecule has 0 saturated carbocycles. The van der Waals surface area contributed by atoms with Gasteiger partial charge in [-0.15, -0.1) is 0 Å². The van der Waals surface area contributed by atoms with E-state index in [1.807, 2.05) is 26.0 Å². The summed E-state index contributed by atoms with van der Waals surface area (Å²) in [5.74, 6) is -0.635. The quantitative estimate of drug-likeness (QED) is 0.734. The zero-order chi connectivity index (χ0) is 17.7. The summed E-state index contributed by atoms with van der Waals surface area (Å²) >= 11 is 0. The van der Waals surface area contributed by atoms with Crippen molar-refractivity contribution in [3.63, 3.8) is 0 Å². The van der Waals surface area contributed by atoms with Crippen LogP contribution in [-0.2, 0) is 4.79 Å². The van der Waals surface area contributed by atoms with Crippen LogP contribution in [0.3, 0.4) is 0 Å². The van der Waals surface area contributed by atoms with Gasteiger partial charge in [0.05, 0.1) is 0 Å². The van der Waals surface area contributed by atoms with Crippen molar-refractivity contribution in [2.24, 2.45) is 0 Å². The van der Waals surface area contributed by atoms with E-state index in [1.165, 1.54) is 18.3 Å². The minimum atomic E-state index is -0.820. The van der Waals surface area contributed by atoms with Crippen molar-refractivity contribution in [2.75, 3.05) is 0 Å². The molecule has 0 aliphatic heterocycles. The molecule has 2 rings (SSSR count). The summed E-state index contributed by atoms with van der Waals surface area (Å²) in [7, 11) is 0. The van der Waals surface area contributed by atoms with Gasteiger partial charge in [-0.3, -0.25) is 25.2 Å². The molecule has 0 aliphatic rings. The molecule has 7 heteroatoms. The number of nitrogens with one attached hydrogen (secondary N) is 3. The monoisotopic (exact) mass is 329 g/mol. The second-order valence-corrected chi connectivity index (χ2v) is 5.31. The van der Waals surface area contributed by atoms with Gasteiger partial charge >= 0.3 is 0 Å². The van der Waals surface area contributed by atoms with E-state index in [1.54, 1.807) is 13.0 Å². The minimum absolute atomic E-state index is 0.0964. The second-order valence-electron chi connectivity index (χ2n) is 5.31. The van der Waals surface area contributed by atoms with Gasteiger partial charge in [-0.2, -0.15) is 0 Å². The zero-order valence-electron chi connectivity index (χ0n) is 13.7. The number of hydrogen-bond donors (Lipinski definition) is 3. The van der Waals surface area contributed by atoms with E-state index >= 15 is 0 Å². The number of carbonyl (C=O) groups is 2. The predicted molar refractivity (Wildman–Crippen MR) is 88.7 cm³/mol. The summed E-state index contributed by atoms with van der Waals surface area (Å²) in [6.07, 6.45) is 0.595. The topological polar surface area (TPSA) is 100 Å². The van der Waals surface area contributed by atoms with Crippen LogP contribution in [0.4, 0.5) is 0 Å². The number of amides is 2. The maximum atomic E-state index is 12.0. The van der Waals surface area contributed by atoms with E-state index in [2.05, 4.69) is 15.8 Å². The number of benzene rings is 1. The van der Waals surface area contributed by atoms with Gasteiger partial charge in [0.1, 0.15) is 11.3 Å². The fraction of sp³-hybridized carbons (Fsp3) is 0.235. The molecule has 24 heavy (non-hydrogen) atoms. The third-order valence-corrected chi connectivity index (χ3v) is 3.59. The van der Waals surface area contributed by atoms with Crippen molar-refractivity contribution in [3.05, 3.63) is 63.6 Å². The molecule has 0 unspecified atom stereocenters. The molecular formula is C17H19N3O4. The number of carbonyl (C=O) groups excluding carboxylic acids is 2. The number of ether oxygens (including phenoxy) is 1. The largest absolute Gasteiger partial charge is 0.481 e. The van der Waals surface area contributed by atoms with Crippen LogP contribution >= 0.6 is 0 Å². The lowest BCUT2D eigenvalue weighted by Gasteiger charge is -2.17. The van der Waals surface area contributed by atoms with Crippen molar-refractivity contribution in [1.82, 2.24) is 15.8 Å². The molecule has 0 radical (unpaired) electrons. The van der Waals surface area contributed by atoms with Crippen molar-refractivity contribution in [1.29, 1.82) is 0 Å². The van der Waals surface area contributed by atoms with E-state index in [0.717, 1.165) is 11.1 Å². The minimum Gasteiger partial charge on any atom is -0.481 e. The Labute approximate surface area is 139 Å². The lowest BCUT2D eigenvalue weighted by molar-refractivity contribution is -0.128. The standard InChI is InChI=1S/C17H19N3O4/c1-10-6-4-8-14(11(10)2)24-12(3)15(21)19-20-17(23)13-7-5-9-18-16(13)22/h4-9,12H,1-3H3,(H,18,22)(H,19,21)(H,20,23)/t12-/m0/s1. The highest BCUT2D eigenvalue weighted by Gasteiger charge is 2.17. The fourth-order valence-corrected chi connectivity index (χ4v) is 1.98. The third kappa shape index (κ3) is 4.01. The average Bonchev–Trinajstić information content (AvgIpc) is 2.56. The van der Waals surface area contributed by atoms with Gasteiger partial charge in [0.2, 0.25) is 0 Å². The van der Waals surface area contributed by atoms with Crippen LogP contribution in [-0.4, -0.2) is 22.9 Å². The number of hydrogen-bond acceptors (Lipinski definition) is 4. The molecule has 0 fully saturated rings. The highest BCUT2D eigenvalue weighted by molar-refractivity contribution is 5.95. The van der Waals surface area contributed by atoms with E-state index in [0.29, 0.717) is 5.75 Å². The normalized spacial score (nSPS) is 11.5. The Hall–Kier alpha value is -3.09. The Bertz CT molecular complexity index is 813. The number of pyridine rings is 1. The van der Waals surface area contributed by atoms with E-state index in [4.69, 9.17) is 4.74 Å². The molecule has 126 valence electrons. The lowest BCUT2D eigenvalue weighted by Crippen LogP contribution is -2.48. The molecule has 1 atom stereocenters. The molecule has 0 bridgehead atoms. The molecule has 1 aromatic carbocycles. The summed E-state index contributed by atoms with van der Waals surface area (Å²) in [5, 5.41) is 0. The summed E-state index contributed by atoms with van der Waals surface area (Å²) in [4.78, 5) is 37.8. The maximum absolute atomic E-state index is 12.0. The van der Waals surface area contributed by atoms with Crippen LogP contribution in [0.25, 0.3) is 0 Å². The van der Waals surface area contributed by atoms with E-state index in [-0.39, 0.29) is 5.56 Å². The first-order chi connectivity index (χ1) is 11.4. The van der Waals surface area contributed by atoms with Gasteiger partial charge in [0, 0.05) is 6.20 Å². The molecule has 2 amide bonds. The Kier molecular flexibility index (Phi) is 5.36. The first kappa shape index (κ1) is 17.3. The number of hydrazine groups is 1. The van der Waals surface area contributed by atoms with Gasteiger partial charge in [-0.1, -0.05) is 12.1 Å². The van der Waals surface area contributed by atoms with Crippen LogP contribution in [0.2, 0.25) is 0 Å². The SMILES string of the molecule is Cc1cccc(O[C@@H](C)C(=O)NNC(=O)c2ccc[nH]c2=O)c1C. The van der Waals surface area contributed by atoms with Crippen LogP contribution in [0, 0.1) is 13.8 Å². The Morgan fingerprint density at radius 1 is 1.12 bits per heavy atom. The molecular weight excluding hydrogens is 310 g/mol. The summed E-state index contributed by atoms with van der Waals surface area (Å²) < 4.78 is 5.62. The predicted octanol–water partition coefficient (Wildman–Crippen LogP) is 1.22. The molecule has 0 aliphatic carbocycles. The number of aromatic nitrogens is 1. The van der Waals surface area contributed by atoms with Crippen molar-refractivity contribution >= 4 is 11.8 Å². The molecule has 0 saturated heterocycles. The molecule has 1 heterocycles. The Morgan fingerprint density at radius 2 is 1.88 bits per heavy atom. The van der Waals surface area contributed by atoms with Crippen molar-refractivity contribution < 1.29 is 14.3 Å². The van der Waals surface area contributed by atoms with Gasteiger partial charge < -0.3 is 9.72 Å². The van der Waals surface area contributed by atoms with E-state index in [9.17, 15) is 14.4 Å². The van der Waals surface area contributed by atoms with Gasteiger partial charge in [0.25, 0.3) is 17.4 Å². The zero-order valence-corrected chi connectivity index (χ0v) is 13.7. The summed E-state index contributed by atoms with van der Waals surface area (Å²) in [5.41, 5.74) is 5.80.